The van der Waals surface area contributed by atoms with Crippen LogP contribution in [0.4, 0.5) is 0 Å². The molecule has 2 fully saturated rings. The number of hydrogen-bond acceptors (Lipinski definition) is 4. The van der Waals surface area contributed by atoms with Crippen LogP contribution < -0.4 is 5.32 Å². The summed E-state index contributed by atoms with van der Waals surface area (Å²) in [5.41, 5.74) is 0. The standard InChI is InChI=1S/C19H34N6O.HI/c1-3-20-19(22-7-4-5-9-23-11-8-21-17(23)2)25-10-6-18(16-25)24-12-14-26-15-13-24;/h8,11,18H,3-7,9-10,12-16H2,1-2H3,(H,20,22);1H. The molecular formula is C19H35IN6O. The van der Waals surface area contributed by atoms with E-state index in [9.17, 15) is 0 Å². The van der Waals surface area contributed by atoms with Crippen LogP contribution in [0.2, 0.25) is 0 Å². The normalized spacial score (nSPS) is 21.3. The molecule has 0 bridgehead atoms. The largest absolute Gasteiger partial charge is 0.379 e. The summed E-state index contributed by atoms with van der Waals surface area (Å²) in [5.74, 6) is 2.18. The highest BCUT2D eigenvalue weighted by atomic mass is 127. The van der Waals surface area contributed by atoms with Crippen molar-refractivity contribution in [2.45, 2.75) is 45.7 Å². The smallest absolute Gasteiger partial charge is 0.193 e. The van der Waals surface area contributed by atoms with Gasteiger partial charge in [-0.05, 0) is 33.1 Å². The number of aromatic nitrogens is 2. The van der Waals surface area contributed by atoms with E-state index in [1.54, 1.807) is 0 Å². The Labute approximate surface area is 180 Å². The summed E-state index contributed by atoms with van der Waals surface area (Å²) >= 11 is 0. The molecule has 0 spiro atoms. The quantitative estimate of drug-likeness (QED) is 0.274. The lowest BCUT2D eigenvalue weighted by atomic mass is 10.2. The first kappa shape index (κ1) is 22.4. The Balaban J connectivity index is 0.00000261. The van der Waals surface area contributed by atoms with Crippen LogP contribution in [0.3, 0.4) is 0 Å². The first-order chi connectivity index (χ1) is 12.8. The fraction of sp³-hybridized carbons (Fsp3) is 0.789. The van der Waals surface area contributed by atoms with Crippen LogP contribution in [0.25, 0.3) is 0 Å². The molecule has 1 aromatic rings. The van der Waals surface area contributed by atoms with Gasteiger partial charge in [-0.25, -0.2) is 4.98 Å². The van der Waals surface area contributed by atoms with Crippen LogP contribution in [0, 0.1) is 6.92 Å². The summed E-state index contributed by atoms with van der Waals surface area (Å²) in [7, 11) is 0. The van der Waals surface area contributed by atoms with Gasteiger partial charge in [0, 0.05) is 64.2 Å². The molecule has 154 valence electrons. The number of imidazole rings is 1. The Bertz CT molecular complexity index is 572. The molecule has 2 aliphatic rings. The van der Waals surface area contributed by atoms with Gasteiger partial charge in [0.25, 0.3) is 0 Å². The van der Waals surface area contributed by atoms with Crippen molar-refractivity contribution in [3.8, 4) is 0 Å². The van der Waals surface area contributed by atoms with Crippen molar-refractivity contribution in [1.29, 1.82) is 0 Å². The molecule has 0 radical (unpaired) electrons. The zero-order valence-electron chi connectivity index (χ0n) is 16.8. The van der Waals surface area contributed by atoms with Crippen LogP contribution in [-0.4, -0.2) is 83.8 Å². The molecule has 7 nitrogen and oxygen atoms in total. The lowest BCUT2D eigenvalue weighted by molar-refractivity contribution is 0.0195. The molecule has 0 amide bonds. The first-order valence-corrected chi connectivity index (χ1v) is 10.1. The number of nitrogens with one attached hydrogen (secondary N) is 1. The van der Waals surface area contributed by atoms with Gasteiger partial charge in [-0.3, -0.25) is 9.89 Å². The maximum atomic E-state index is 5.49. The van der Waals surface area contributed by atoms with E-state index in [0.717, 1.165) is 83.7 Å². The molecule has 0 saturated carbocycles. The minimum absolute atomic E-state index is 0. The van der Waals surface area contributed by atoms with Crippen LogP contribution in [0.5, 0.6) is 0 Å². The number of hydrogen-bond donors (Lipinski definition) is 1. The molecule has 8 heteroatoms. The predicted molar refractivity (Wildman–Crippen MR) is 120 cm³/mol. The van der Waals surface area contributed by atoms with Gasteiger partial charge in [0.2, 0.25) is 0 Å². The van der Waals surface area contributed by atoms with Crippen molar-refractivity contribution >= 4 is 29.9 Å². The summed E-state index contributed by atoms with van der Waals surface area (Å²) in [5, 5.41) is 3.48. The summed E-state index contributed by atoms with van der Waals surface area (Å²) in [6.45, 7) is 13.1. The highest BCUT2D eigenvalue weighted by Crippen LogP contribution is 2.17. The lowest BCUT2D eigenvalue weighted by Gasteiger charge is -2.32. The van der Waals surface area contributed by atoms with E-state index in [1.165, 1.54) is 6.42 Å². The van der Waals surface area contributed by atoms with Gasteiger partial charge in [0.15, 0.2) is 5.96 Å². The molecular weight excluding hydrogens is 455 g/mol. The monoisotopic (exact) mass is 490 g/mol. The van der Waals surface area contributed by atoms with E-state index in [-0.39, 0.29) is 24.0 Å². The van der Waals surface area contributed by atoms with Crippen molar-refractivity contribution < 1.29 is 4.74 Å². The van der Waals surface area contributed by atoms with E-state index in [0.29, 0.717) is 6.04 Å². The van der Waals surface area contributed by atoms with Crippen molar-refractivity contribution in [3.05, 3.63) is 18.2 Å². The number of ether oxygens (including phenoxy) is 1. The molecule has 3 heterocycles. The van der Waals surface area contributed by atoms with Crippen LogP contribution in [0.15, 0.2) is 17.4 Å². The van der Waals surface area contributed by atoms with Gasteiger partial charge in [-0.2, -0.15) is 0 Å². The maximum absolute atomic E-state index is 5.49. The third-order valence-corrected chi connectivity index (χ3v) is 5.35. The summed E-state index contributed by atoms with van der Waals surface area (Å²) in [4.78, 5) is 14.2. The zero-order chi connectivity index (χ0) is 18.2. The molecule has 2 saturated heterocycles. The SMILES string of the molecule is CCNC(=NCCCCn1ccnc1C)N1CCC(N2CCOCC2)C1.I. The molecule has 3 rings (SSSR count). The predicted octanol–water partition coefficient (Wildman–Crippen LogP) is 1.96. The second-order valence-corrected chi connectivity index (χ2v) is 7.15. The number of rotatable bonds is 7. The van der Waals surface area contributed by atoms with Crippen molar-refractivity contribution in [3.63, 3.8) is 0 Å². The maximum Gasteiger partial charge on any atom is 0.193 e. The molecule has 2 aliphatic heterocycles. The molecule has 0 aromatic carbocycles. The third-order valence-electron chi connectivity index (χ3n) is 5.35. The van der Waals surface area contributed by atoms with E-state index in [4.69, 9.17) is 9.73 Å². The third kappa shape index (κ3) is 6.60. The number of guanidine groups is 1. The Hall–Kier alpha value is -0.870. The summed E-state index contributed by atoms with van der Waals surface area (Å²) < 4.78 is 7.70. The minimum atomic E-state index is 0. The van der Waals surface area contributed by atoms with Gasteiger partial charge in [0.05, 0.1) is 13.2 Å². The highest BCUT2D eigenvalue weighted by Gasteiger charge is 2.30. The van der Waals surface area contributed by atoms with Gasteiger partial charge in [-0.1, -0.05) is 0 Å². The number of unbranched alkanes of at least 4 members (excludes halogenated alkanes) is 1. The van der Waals surface area contributed by atoms with Crippen molar-refractivity contribution in [1.82, 2.24) is 24.7 Å². The lowest BCUT2D eigenvalue weighted by Crippen LogP contribution is -2.46. The Morgan fingerprint density at radius 1 is 1.30 bits per heavy atom. The highest BCUT2D eigenvalue weighted by molar-refractivity contribution is 14.0. The van der Waals surface area contributed by atoms with Gasteiger partial charge >= 0.3 is 0 Å². The van der Waals surface area contributed by atoms with Crippen molar-refractivity contribution in [2.24, 2.45) is 4.99 Å². The second-order valence-electron chi connectivity index (χ2n) is 7.15. The number of nitrogens with zero attached hydrogens (tertiary/aromatic N) is 5. The van der Waals surface area contributed by atoms with Crippen LogP contribution >= 0.6 is 24.0 Å². The van der Waals surface area contributed by atoms with E-state index < -0.39 is 0 Å². The Kier molecular flexibility index (Phi) is 9.84. The van der Waals surface area contributed by atoms with E-state index in [1.807, 2.05) is 6.20 Å². The number of aryl methyl sites for hydroxylation is 2. The minimum Gasteiger partial charge on any atom is -0.379 e. The molecule has 1 atom stereocenters. The molecule has 0 aliphatic carbocycles. The molecule has 27 heavy (non-hydrogen) atoms. The van der Waals surface area contributed by atoms with Crippen molar-refractivity contribution in [2.75, 3.05) is 52.5 Å². The van der Waals surface area contributed by atoms with Gasteiger partial charge in [0.1, 0.15) is 5.82 Å². The molecule has 1 unspecified atom stereocenters. The fourth-order valence-electron chi connectivity index (χ4n) is 3.82. The Morgan fingerprint density at radius 2 is 2.11 bits per heavy atom. The zero-order valence-corrected chi connectivity index (χ0v) is 19.1. The average molecular weight is 490 g/mol. The summed E-state index contributed by atoms with van der Waals surface area (Å²) in [6, 6.07) is 0.645. The average Bonchev–Trinajstić information content (AvgIpc) is 3.31. The first-order valence-electron chi connectivity index (χ1n) is 10.1. The molecule has 1 aromatic heterocycles. The van der Waals surface area contributed by atoms with Gasteiger partial charge < -0.3 is 19.5 Å². The van der Waals surface area contributed by atoms with Crippen LogP contribution in [-0.2, 0) is 11.3 Å². The van der Waals surface area contributed by atoms with E-state index >= 15 is 0 Å². The number of halogens is 1. The topological polar surface area (TPSA) is 57.9 Å². The number of aliphatic imine (C=N–C) groups is 1. The summed E-state index contributed by atoms with van der Waals surface area (Å²) in [6.07, 6.45) is 7.39. The second kappa shape index (κ2) is 11.9. The fourth-order valence-corrected chi connectivity index (χ4v) is 3.82. The number of likely N-dealkylation sites (tertiary alicyclic amines) is 1. The molecule has 1 N–H and O–H groups in total. The van der Waals surface area contributed by atoms with Gasteiger partial charge in [-0.15, -0.1) is 24.0 Å². The Morgan fingerprint density at radius 3 is 2.81 bits per heavy atom. The van der Waals surface area contributed by atoms with Crippen LogP contribution in [0.1, 0.15) is 32.0 Å². The number of morpholine rings is 1. The van der Waals surface area contributed by atoms with E-state index in [2.05, 4.69) is 44.7 Å².